The van der Waals surface area contributed by atoms with Crippen molar-refractivity contribution in [2.75, 3.05) is 5.32 Å². The zero-order chi connectivity index (χ0) is 17.0. The van der Waals surface area contributed by atoms with Crippen molar-refractivity contribution in [3.8, 4) is 11.3 Å². The maximum Gasteiger partial charge on any atom is 0.0947 e. The maximum absolute atomic E-state index is 5.01. The van der Waals surface area contributed by atoms with E-state index < -0.39 is 0 Å². The molecule has 2 aromatic carbocycles. The van der Waals surface area contributed by atoms with Gasteiger partial charge in [-0.2, -0.15) is 0 Å². The summed E-state index contributed by atoms with van der Waals surface area (Å²) in [6.45, 7) is 2.28. The van der Waals surface area contributed by atoms with Crippen molar-refractivity contribution in [3.05, 3.63) is 76.8 Å². The van der Waals surface area contributed by atoms with Crippen molar-refractivity contribution in [3.63, 3.8) is 0 Å². The fourth-order valence-corrected chi connectivity index (χ4v) is 4.21. The van der Waals surface area contributed by atoms with Crippen molar-refractivity contribution < 1.29 is 0 Å². The van der Waals surface area contributed by atoms with Crippen LogP contribution in [0.1, 0.15) is 18.9 Å². The highest BCUT2D eigenvalue weighted by Crippen LogP contribution is 2.51. The first-order valence-corrected chi connectivity index (χ1v) is 9.30. The Morgan fingerprint density at radius 2 is 1.88 bits per heavy atom. The SMILES string of the molecule is CC12CC=CC=C1c1c(c(-c3ccc(Br)cc3)nc3ccccc13)N2. The quantitative estimate of drug-likeness (QED) is 0.537. The summed E-state index contributed by atoms with van der Waals surface area (Å²) >= 11 is 3.53. The van der Waals surface area contributed by atoms with Crippen LogP contribution in [-0.2, 0) is 0 Å². The Balaban J connectivity index is 1.87. The summed E-state index contributed by atoms with van der Waals surface area (Å²) in [4.78, 5) is 5.01. The molecule has 0 spiro atoms. The molecule has 1 aromatic heterocycles. The van der Waals surface area contributed by atoms with Gasteiger partial charge in [0.05, 0.1) is 22.4 Å². The van der Waals surface area contributed by atoms with Gasteiger partial charge in [0.15, 0.2) is 0 Å². The molecule has 0 saturated carbocycles. The second kappa shape index (κ2) is 5.30. The van der Waals surface area contributed by atoms with Crippen LogP contribution in [0.2, 0.25) is 0 Å². The van der Waals surface area contributed by atoms with Crippen molar-refractivity contribution in [2.45, 2.75) is 18.9 Å². The van der Waals surface area contributed by atoms with E-state index in [1.165, 1.54) is 16.5 Å². The van der Waals surface area contributed by atoms with Crippen LogP contribution in [-0.4, -0.2) is 10.5 Å². The van der Waals surface area contributed by atoms with Gasteiger partial charge in [-0.25, -0.2) is 4.98 Å². The summed E-state index contributed by atoms with van der Waals surface area (Å²) in [5.74, 6) is 0. The highest BCUT2D eigenvalue weighted by molar-refractivity contribution is 9.10. The molecule has 0 bridgehead atoms. The summed E-state index contributed by atoms with van der Waals surface area (Å²) in [5.41, 5.74) is 6.95. The number of fused-ring (bicyclic) bond motifs is 5. The van der Waals surface area contributed by atoms with Gasteiger partial charge in [-0.05, 0) is 37.1 Å². The Kier molecular flexibility index (Phi) is 3.16. The Morgan fingerprint density at radius 3 is 2.72 bits per heavy atom. The molecule has 1 unspecified atom stereocenters. The molecular formula is C22H17BrN2. The number of hydrogen-bond acceptors (Lipinski definition) is 2. The van der Waals surface area contributed by atoms with E-state index in [4.69, 9.17) is 4.98 Å². The Morgan fingerprint density at radius 1 is 1.08 bits per heavy atom. The van der Waals surface area contributed by atoms with Crippen LogP contribution < -0.4 is 5.32 Å². The number of para-hydroxylation sites is 1. The second-order valence-electron chi connectivity index (χ2n) is 6.90. The van der Waals surface area contributed by atoms with Crippen molar-refractivity contribution >= 4 is 38.1 Å². The van der Waals surface area contributed by atoms with Gasteiger partial charge in [-0.1, -0.05) is 64.5 Å². The number of benzene rings is 2. The lowest BCUT2D eigenvalue weighted by atomic mass is 9.83. The molecule has 2 nitrogen and oxygen atoms in total. The lowest BCUT2D eigenvalue weighted by molar-refractivity contribution is 0.678. The molecule has 1 atom stereocenters. The van der Waals surface area contributed by atoms with Gasteiger partial charge < -0.3 is 5.32 Å². The van der Waals surface area contributed by atoms with Crippen LogP contribution >= 0.6 is 15.9 Å². The molecule has 0 radical (unpaired) electrons. The molecule has 1 aliphatic carbocycles. The number of nitrogens with one attached hydrogen (secondary N) is 1. The van der Waals surface area contributed by atoms with Gasteiger partial charge in [0, 0.05) is 21.0 Å². The van der Waals surface area contributed by atoms with Crippen molar-refractivity contribution in [1.82, 2.24) is 4.98 Å². The van der Waals surface area contributed by atoms with Crippen molar-refractivity contribution in [2.24, 2.45) is 0 Å². The molecule has 0 fully saturated rings. The van der Waals surface area contributed by atoms with Gasteiger partial charge in [0.1, 0.15) is 0 Å². The minimum Gasteiger partial charge on any atom is -0.373 e. The molecular weight excluding hydrogens is 372 g/mol. The molecule has 2 aliphatic rings. The van der Waals surface area contributed by atoms with Crippen LogP contribution in [0.4, 0.5) is 5.69 Å². The van der Waals surface area contributed by atoms with Gasteiger partial charge in [-0.3, -0.25) is 0 Å². The van der Waals surface area contributed by atoms with E-state index in [0.29, 0.717) is 0 Å². The molecule has 1 N–H and O–H groups in total. The first kappa shape index (κ1) is 14.9. The number of halogens is 1. The normalized spacial score (nSPS) is 20.8. The van der Waals surface area contributed by atoms with Gasteiger partial charge in [0.25, 0.3) is 0 Å². The highest BCUT2D eigenvalue weighted by atomic mass is 79.9. The monoisotopic (exact) mass is 388 g/mol. The number of anilines is 1. The van der Waals surface area contributed by atoms with E-state index in [-0.39, 0.29) is 5.54 Å². The zero-order valence-electron chi connectivity index (χ0n) is 13.9. The molecule has 122 valence electrons. The minimum atomic E-state index is -0.0625. The van der Waals surface area contributed by atoms with Crippen molar-refractivity contribution in [1.29, 1.82) is 0 Å². The van der Waals surface area contributed by atoms with E-state index in [1.807, 2.05) is 0 Å². The molecule has 5 rings (SSSR count). The van der Waals surface area contributed by atoms with E-state index in [2.05, 4.69) is 94.9 Å². The third kappa shape index (κ3) is 2.19. The van der Waals surface area contributed by atoms with E-state index in [0.717, 1.165) is 33.4 Å². The number of aromatic nitrogens is 1. The predicted molar refractivity (Wildman–Crippen MR) is 109 cm³/mol. The third-order valence-electron chi connectivity index (χ3n) is 5.20. The number of nitrogens with zero attached hydrogens (tertiary/aromatic N) is 1. The van der Waals surface area contributed by atoms with Gasteiger partial charge in [0.2, 0.25) is 0 Å². The van der Waals surface area contributed by atoms with E-state index >= 15 is 0 Å². The summed E-state index contributed by atoms with van der Waals surface area (Å²) in [6.07, 6.45) is 7.64. The second-order valence-corrected chi connectivity index (χ2v) is 7.82. The van der Waals surface area contributed by atoms with E-state index in [9.17, 15) is 0 Å². The topological polar surface area (TPSA) is 24.9 Å². The summed E-state index contributed by atoms with van der Waals surface area (Å²) < 4.78 is 1.08. The molecule has 25 heavy (non-hydrogen) atoms. The Hall–Kier alpha value is -2.39. The molecule has 0 saturated heterocycles. The standard InChI is InChI=1S/C22H17BrN2/c1-22-13-5-4-7-17(22)19-16-6-2-3-8-18(16)24-20(21(19)25-22)14-9-11-15(23)12-10-14/h2-12,25H,13H2,1H3. The fourth-order valence-electron chi connectivity index (χ4n) is 3.95. The van der Waals surface area contributed by atoms with E-state index in [1.54, 1.807) is 0 Å². The van der Waals surface area contributed by atoms with Gasteiger partial charge in [-0.15, -0.1) is 0 Å². The Labute approximate surface area is 155 Å². The predicted octanol–water partition coefficient (Wildman–Crippen LogP) is 6.19. The summed E-state index contributed by atoms with van der Waals surface area (Å²) in [7, 11) is 0. The van der Waals surface area contributed by atoms with Crippen LogP contribution in [0.15, 0.2) is 71.2 Å². The minimum absolute atomic E-state index is 0.0625. The summed E-state index contributed by atoms with van der Waals surface area (Å²) in [6, 6.07) is 16.8. The maximum atomic E-state index is 5.01. The van der Waals surface area contributed by atoms with Crippen LogP contribution in [0.5, 0.6) is 0 Å². The third-order valence-corrected chi connectivity index (χ3v) is 5.73. The average molecular weight is 389 g/mol. The first-order valence-electron chi connectivity index (χ1n) is 8.50. The summed E-state index contributed by atoms with van der Waals surface area (Å²) in [5, 5.41) is 5.01. The van der Waals surface area contributed by atoms with Crippen LogP contribution in [0.25, 0.3) is 27.7 Å². The highest BCUT2D eigenvalue weighted by Gasteiger charge is 2.40. The molecule has 3 aromatic rings. The molecule has 0 amide bonds. The number of pyridine rings is 1. The average Bonchev–Trinajstić information content (AvgIpc) is 2.95. The largest absolute Gasteiger partial charge is 0.373 e. The Bertz CT molecular complexity index is 1060. The number of hydrogen-bond donors (Lipinski definition) is 1. The number of allylic oxidation sites excluding steroid dienone is 2. The molecule has 1 aliphatic heterocycles. The number of rotatable bonds is 1. The molecule has 3 heteroatoms. The fraction of sp³-hybridized carbons (Fsp3) is 0.136. The lowest BCUT2D eigenvalue weighted by Gasteiger charge is -2.28. The van der Waals surface area contributed by atoms with Crippen LogP contribution in [0, 0.1) is 0 Å². The zero-order valence-corrected chi connectivity index (χ0v) is 15.5. The van der Waals surface area contributed by atoms with Crippen LogP contribution in [0.3, 0.4) is 0 Å². The molecule has 2 heterocycles. The first-order chi connectivity index (χ1) is 12.2. The lowest BCUT2D eigenvalue weighted by Crippen LogP contribution is -2.31. The van der Waals surface area contributed by atoms with Gasteiger partial charge >= 0.3 is 0 Å². The smallest absolute Gasteiger partial charge is 0.0947 e.